The number of hydrogen-bond acceptors (Lipinski definition) is 3. The summed E-state index contributed by atoms with van der Waals surface area (Å²) in [5.74, 6) is 0.404. The fourth-order valence-electron chi connectivity index (χ4n) is 4.84. The normalized spacial score (nSPS) is 21.7. The van der Waals surface area contributed by atoms with Crippen LogP contribution in [0, 0.1) is 17.2 Å². The lowest BCUT2D eigenvalue weighted by Gasteiger charge is -2.42. The van der Waals surface area contributed by atoms with Crippen LogP contribution < -0.4 is 0 Å². The fourth-order valence-corrected chi connectivity index (χ4v) is 4.84. The summed E-state index contributed by atoms with van der Waals surface area (Å²) < 4.78 is 19.9. The largest absolute Gasteiger partial charge is 0.381 e. The number of likely N-dealkylation sites (tertiary alicyclic amines) is 1. The first-order chi connectivity index (χ1) is 14.2. The van der Waals surface area contributed by atoms with E-state index in [4.69, 9.17) is 4.74 Å². The van der Waals surface area contributed by atoms with Gasteiger partial charge in [0.15, 0.2) is 0 Å². The lowest BCUT2D eigenvalue weighted by molar-refractivity contribution is -0.150. The van der Waals surface area contributed by atoms with E-state index in [1.165, 1.54) is 11.6 Å². The molecule has 29 heavy (non-hydrogen) atoms. The van der Waals surface area contributed by atoms with Crippen LogP contribution in [-0.2, 0) is 22.4 Å². The number of amides is 1. The topological polar surface area (TPSA) is 42.4 Å². The maximum Gasteiger partial charge on any atom is 0.229 e. The van der Waals surface area contributed by atoms with Crippen LogP contribution in [-0.4, -0.2) is 42.1 Å². The first-order valence-corrected chi connectivity index (χ1v) is 10.7. The van der Waals surface area contributed by atoms with Gasteiger partial charge in [-0.3, -0.25) is 9.78 Å². The van der Waals surface area contributed by atoms with E-state index in [-0.39, 0.29) is 11.7 Å². The first kappa shape index (κ1) is 20.0. The van der Waals surface area contributed by atoms with Crippen LogP contribution in [0.5, 0.6) is 0 Å². The van der Waals surface area contributed by atoms with Crippen LogP contribution in [0.2, 0.25) is 0 Å². The van der Waals surface area contributed by atoms with Gasteiger partial charge in [-0.2, -0.15) is 0 Å². The highest BCUT2D eigenvalue weighted by atomic mass is 19.1. The third-order valence-electron chi connectivity index (χ3n) is 6.44. The number of halogens is 1. The molecule has 0 N–H and O–H groups in total. The Hall–Kier alpha value is -2.27. The van der Waals surface area contributed by atoms with Crippen LogP contribution >= 0.6 is 0 Å². The molecule has 1 aromatic carbocycles. The molecular formula is C24H29FN2O2. The third kappa shape index (κ3) is 4.67. The summed E-state index contributed by atoms with van der Waals surface area (Å²) in [7, 11) is 0. The quantitative estimate of drug-likeness (QED) is 0.766. The molecule has 0 saturated carbocycles. The molecule has 0 unspecified atom stereocenters. The van der Waals surface area contributed by atoms with Crippen molar-refractivity contribution in [3.8, 4) is 0 Å². The maximum atomic E-state index is 14.4. The van der Waals surface area contributed by atoms with Gasteiger partial charge in [-0.25, -0.2) is 4.39 Å². The molecule has 0 bridgehead atoms. The number of aromatic nitrogens is 1. The summed E-state index contributed by atoms with van der Waals surface area (Å²) in [6.07, 6.45) is 8.56. The lowest BCUT2D eigenvalue weighted by atomic mass is 9.73. The second-order valence-electron chi connectivity index (χ2n) is 8.49. The summed E-state index contributed by atoms with van der Waals surface area (Å²) in [5.41, 5.74) is 1.29. The van der Waals surface area contributed by atoms with Crippen LogP contribution in [0.15, 0.2) is 48.8 Å². The Balaban J connectivity index is 1.50. The Morgan fingerprint density at radius 3 is 2.79 bits per heavy atom. The molecule has 1 atom stereocenters. The van der Waals surface area contributed by atoms with Crippen molar-refractivity contribution >= 4 is 5.91 Å². The molecular weight excluding hydrogens is 367 g/mol. The second kappa shape index (κ2) is 9.04. The lowest BCUT2D eigenvalue weighted by Crippen LogP contribution is -2.51. The van der Waals surface area contributed by atoms with E-state index >= 15 is 0 Å². The monoisotopic (exact) mass is 396 g/mol. The van der Waals surface area contributed by atoms with Crippen molar-refractivity contribution in [1.82, 2.24) is 9.88 Å². The maximum absolute atomic E-state index is 14.4. The van der Waals surface area contributed by atoms with Crippen molar-refractivity contribution in [2.45, 2.75) is 38.5 Å². The molecule has 1 amide bonds. The van der Waals surface area contributed by atoms with Crippen LogP contribution in [0.1, 0.15) is 36.8 Å². The Morgan fingerprint density at radius 1 is 1.21 bits per heavy atom. The molecule has 2 aliphatic heterocycles. The Morgan fingerprint density at radius 2 is 2.03 bits per heavy atom. The summed E-state index contributed by atoms with van der Waals surface area (Å²) in [5, 5.41) is 0. The van der Waals surface area contributed by atoms with E-state index in [2.05, 4.69) is 11.1 Å². The summed E-state index contributed by atoms with van der Waals surface area (Å²) in [4.78, 5) is 20.0. The summed E-state index contributed by atoms with van der Waals surface area (Å²) in [6.45, 7) is 2.69. The van der Waals surface area contributed by atoms with Gasteiger partial charge in [0.05, 0.1) is 5.41 Å². The van der Waals surface area contributed by atoms with Crippen molar-refractivity contribution in [3.05, 3.63) is 65.7 Å². The predicted octanol–water partition coefficient (Wildman–Crippen LogP) is 4.04. The predicted molar refractivity (Wildman–Crippen MR) is 110 cm³/mol. The highest BCUT2D eigenvalue weighted by molar-refractivity contribution is 5.83. The standard InChI is InChI=1S/C24H29FN2O2/c25-22-8-2-1-7-21(22)16-24(9-13-29-14-10-24)23(28)27-12-4-6-20(18-27)15-19-5-3-11-26-17-19/h1-3,5,7-8,11,17,20H,4,6,9-10,12-16,18H2/t20-/m0/s1. The second-order valence-corrected chi connectivity index (χ2v) is 8.49. The zero-order chi connectivity index (χ0) is 20.1. The number of hydrogen-bond donors (Lipinski definition) is 0. The van der Waals surface area contributed by atoms with Crippen LogP contribution in [0.3, 0.4) is 0 Å². The zero-order valence-corrected chi connectivity index (χ0v) is 16.9. The molecule has 2 aromatic rings. The Labute approximate surface area is 172 Å². The molecule has 0 aliphatic carbocycles. The highest BCUT2D eigenvalue weighted by Crippen LogP contribution is 2.38. The van der Waals surface area contributed by atoms with Gasteiger partial charge in [0, 0.05) is 38.7 Å². The fraction of sp³-hybridized carbons (Fsp3) is 0.500. The van der Waals surface area contributed by atoms with E-state index in [1.54, 1.807) is 18.3 Å². The van der Waals surface area contributed by atoms with E-state index in [0.29, 0.717) is 44.0 Å². The van der Waals surface area contributed by atoms with Crippen molar-refractivity contribution in [3.63, 3.8) is 0 Å². The van der Waals surface area contributed by atoms with Crippen molar-refractivity contribution in [2.75, 3.05) is 26.3 Å². The molecule has 4 rings (SSSR count). The molecule has 0 spiro atoms. The number of benzene rings is 1. The average Bonchev–Trinajstić information content (AvgIpc) is 2.76. The number of piperidine rings is 1. The summed E-state index contributed by atoms with van der Waals surface area (Å²) in [6, 6.07) is 10.9. The molecule has 4 nitrogen and oxygen atoms in total. The van der Waals surface area contributed by atoms with Gasteiger partial charge in [-0.1, -0.05) is 24.3 Å². The van der Waals surface area contributed by atoms with Crippen molar-refractivity contribution in [1.29, 1.82) is 0 Å². The molecule has 154 valence electrons. The van der Waals surface area contributed by atoms with Gasteiger partial charge in [0.25, 0.3) is 0 Å². The smallest absolute Gasteiger partial charge is 0.229 e. The number of carbonyl (C=O) groups is 1. The number of rotatable bonds is 5. The molecule has 2 aliphatic rings. The van der Waals surface area contributed by atoms with Gasteiger partial charge >= 0.3 is 0 Å². The first-order valence-electron chi connectivity index (χ1n) is 10.7. The van der Waals surface area contributed by atoms with Crippen molar-refractivity contribution in [2.24, 2.45) is 11.3 Å². The number of pyridine rings is 1. The Kier molecular flexibility index (Phi) is 6.24. The summed E-state index contributed by atoms with van der Waals surface area (Å²) >= 11 is 0. The van der Waals surface area contributed by atoms with Gasteiger partial charge in [0.1, 0.15) is 5.82 Å². The number of carbonyl (C=O) groups excluding carboxylic acids is 1. The zero-order valence-electron chi connectivity index (χ0n) is 16.9. The highest BCUT2D eigenvalue weighted by Gasteiger charge is 2.43. The molecule has 5 heteroatoms. The minimum atomic E-state index is -0.559. The van der Waals surface area contributed by atoms with E-state index < -0.39 is 5.41 Å². The number of nitrogens with zero attached hydrogens (tertiary/aromatic N) is 2. The van der Waals surface area contributed by atoms with Gasteiger partial charge in [-0.15, -0.1) is 0 Å². The van der Waals surface area contributed by atoms with Crippen LogP contribution in [0.25, 0.3) is 0 Å². The van der Waals surface area contributed by atoms with E-state index in [0.717, 1.165) is 32.4 Å². The minimum absolute atomic E-state index is 0.180. The van der Waals surface area contributed by atoms with Crippen molar-refractivity contribution < 1.29 is 13.9 Å². The van der Waals surface area contributed by atoms with Crippen LogP contribution in [0.4, 0.5) is 4.39 Å². The molecule has 1 aromatic heterocycles. The van der Waals surface area contributed by atoms with Gasteiger partial charge < -0.3 is 9.64 Å². The minimum Gasteiger partial charge on any atom is -0.381 e. The third-order valence-corrected chi connectivity index (χ3v) is 6.44. The molecule has 2 fully saturated rings. The van der Waals surface area contributed by atoms with E-state index in [1.807, 2.05) is 23.2 Å². The number of ether oxygens (including phenoxy) is 1. The van der Waals surface area contributed by atoms with Gasteiger partial charge in [0.2, 0.25) is 5.91 Å². The van der Waals surface area contributed by atoms with Gasteiger partial charge in [-0.05, 0) is 67.7 Å². The molecule has 2 saturated heterocycles. The Bertz CT molecular complexity index is 821. The van der Waals surface area contributed by atoms with E-state index in [9.17, 15) is 9.18 Å². The molecule has 0 radical (unpaired) electrons. The molecule has 3 heterocycles. The average molecular weight is 397 g/mol. The SMILES string of the molecule is O=C(N1CCC[C@@H](Cc2cccnc2)C1)C1(Cc2ccccc2F)CCOCC1.